The average molecular weight is 425 g/mol. The molecule has 0 radical (unpaired) electrons. The molecule has 0 N–H and O–H groups in total. The molecule has 2 nitrogen and oxygen atoms in total. The molecule has 1 aliphatic heterocycles. The summed E-state index contributed by atoms with van der Waals surface area (Å²) in [6.07, 6.45) is 0. The lowest BCUT2D eigenvalue weighted by molar-refractivity contribution is 0.402. The second-order valence-corrected chi connectivity index (χ2v) is 11.0. The highest BCUT2D eigenvalue weighted by Crippen LogP contribution is 2.60. The van der Waals surface area contributed by atoms with Crippen molar-refractivity contribution in [3.8, 4) is 11.5 Å². The number of benzene rings is 2. The standard InChI is InChI=1S/C20H24O2S4/c1-11(2)13-7-9-15(21-5)19-17(13)23-26-20-16(22-6)10-8-14(12(3)4)18(20)24-25-19/h7-12H,1-6H3. The molecule has 0 saturated carbocycles. The summed E-state index contributed by atoms with van der Waals surface area (Å²) in [5.74, 6) is 2.84. The van der Waals surface area contributed by atoms with Crippen molar-refractivity contribution in [1.82, 2.24) is 0 Å². The van der Waals surface area contributed by atoms with E-state index in [1.807, 2.05) is 21.6 Å². The minimum atomic E-state index is 0.469. The zero-order valence-electron chi connectivity index (χ0n) is 15.9. The molecule has 0 atom stereocenters. The minimum absolute atomic E-state index is 0.469. The number of fused-ring (bicyclic) bond motifs is 2. The first kappa shape index (κ1) is 20.2. The predicted molar refractivity (Wildman–Crippen MR) is 118 cm³/mol. The van der Waals surface area contributed by atoms with Gasteiger partial charge in [0.2, 0.25) is 0 Å². The van der Waals surface area contributed by atoms with Gasteiger partial charge in [0, 0.05) is 9.79 Å². The monoisotopic (exact) mass is 424 g/mol. The molecule has 0 aliphatic carbocycles. The third-order valence-electron chi connectivity index (χ3n) is 4.31. The molecule has 0 spiro atoms. The number of methoxy groups -OCH3 is 2. The fraction of sp³-hybridized carbons (Fsp3) is 0.400. The van der Waals surface area contributed by atoms with Gasteiger partial charge in [-0.3, -0.25) is 0 Å². The SMILES string of the molecule is COc1ccc(C(C)C)c2c1SSc1c(C(C)C)ccc(OC)c1SS2. The predicted octanol–water partition coefficient (Wildman–Crippen LogP) is 7.86. The van der Waals surface area contributed by atoms with Crippen LogP contribution in [0.2, 0.25) is 0 Å². The maximum atomic E-state index is 5.67. The van der Waals surface area contributed by atoms with E-state index in [2.05, 4.69) is 52.0 Å². The van der Waals surface area contributed by atoms with Crippen LogP contribution in [0.15, 0.2) is 43.8 Å². The Kier molecular flexibility index (Phi) is 6.70. The Hall–Kier alpha value is -0.560. The molecule has 0 amide bonds. The van der Waals surface area contributed by atoms with Gasteiger partial charge in [0.25, 0.3) is 0 Å². The lowest BCUT2D eigenvalue weighted by atomic mass is 10.0. The van der Waals surface area contributed by atoms with E-state index in [9.17, 15) is 0 Å². The van der Waals surface area contributed by atoms with E-state index in [-0.39, 0.29) is 0 Å². The first-order chi connectivity index (χ1) is 12.5. The lowest BCUT2D eigenvalue weighted by Crippen LogP contribution is -1.99. The van der Waals surface area contributed by atoms with Crippen molar-refractivity contribution in [1.29, 1.82) is 0 Å². The van der Waals surface area contributed by atoms with Gasteiger partial charge >= 0.3 is 0 Å². The van der Waals surface area contributed by atoms with Crippen molar-refractivity contribution in [2.75, 3.05) is 14.2 Å². The van der Waals surface area contributed by atoms with E-state index in [4.69, 9.17) is 9.47 Å². The van der Waals surface area contributed by atoms with Gasteiger partial charge in [-0.2, -0.15) is 0 Å². The van der Waals surface area contributed by atoms with Crippen LogP contribution in [-0.2, 0) is 0 Å². The van der Waals surface area contributed by atoms with Gasteiger partial charge in [0.1, 0.15) is 11.5 Å². The Balaban J connectivity index is 2.13. The van der Waals surface area contributed by atoms with Crippen LogP contribution in [0.1, 0.15) is 50.7 Å². The van der Waals surface area contributed by atoms with Gasteiger partial charge in [0.05, 0.1) is 24.0 Å². The average Bonchev–Trinajstić information content (AvgIpc) is 2.61. The Morgan fingerprint density at radius 2 is 0.923 bits per heavy atom. The molecule has 0 bridgehead atoms. The zero-order valence-corrected chi connectivity index (χ0v) is 19.2. The summed E-state index contributed by atoms with van der Waals surface area (Å²) >= 11 is 0. The number of hydrogen-bond acceptors (Lipinski definition) is 6. The van der Waals surface area contributed by atoms with Crippen LogP contribution >= 0.6 is 43.2 Å². The van der Waals surface area contributed by atoms with Crippen LogP contribution in [0, 0.1) is 0 Å². The van der Waals surface area contributed by atoms with E-state index >= 15 is 0 Å². The van der Waals surface area contributed by atoms with Crippen LogP contribution in [0.4, 0.5) is 0 Å². The molecule has 2 aromatic carbocycles. The van der Waals surface area contributed by atoms with E-state index in [1.54, 1.807) is 35.8 Å². The second kappa shape index (κ2) is 8.63. The lowest BCUT2D eigenvalue weighted by Gasteiger charge is -2.24. The Bertz CT molecular complexity index is 735. The molecule has 140 valence electrons. The van der Waals surface area contributed by atoms with Crippen LogP contribution in [0.25, 0.3) is 0 Å². The molecule has 1 aliphatic rings. The molecule has 0 fully saturated rings. The number of hydrogen-bond donors (Lipinski definition) is 0. The fourth-order valence-electron chi connectivity index (χ4n) is 2.85. The van der Waals surface area contributed by atoms with Crippen molar-refractivity contribution in [2.45, 2.75) is 59.1 Å². The molecule has 0 saturated heterocycles. The summed E-state index contributed by atoms with van der Waals surface area (Å²) in [6, 6.07) is 8.60. The third-order valence-corrected chi connectivity index (χ3v) is 9.60. The van der Waals surface area contributed by atoms with Gasteiger partial charge in [-0.1, -0.05) is 61.4 Å². The van der Waals surface area contributed by atoms with Crippen molar-refractivity contribution in [3.05, 3.63) is 35.4 Å². The summed E-state index contributed by atoms with van der Waals surface area (Å²) in [6.45, 7) is 8.98. The normalized spacial score (nSPS) is 13.8. The molecular weight excluding hydrogens is 400 g/mol. The maximum absolute atomic E-state index is 5.67. The molecule has 1 heterocycles. The van der Waals surface area contributed by atoms with E-state index in [1.165, 1.54) is 30.7 Å². The quantitative estimate of drug-likeness (QED) is 0.462. The molecule has 2 aromatic rings. The number of rotatable bonds is 4. The molecule has 26 heavy (non-hydrogen) atoms. The van der Waals surface area contributed by atoms with E-state index in [0.29, 0.717) is 11.8 Å². The molecule has 0 aromatic heterocycles. The highest BCUT2D eigenvalue weighted by atomic mass is 33.1. The van der Waals surface area contributed by atoms with Gasteiger partial charge in [-0.05, 0) is 56.7 Å². The summed E-state index contributed by atoms with van der Waals surface area (Å²) in [5.41, 5.74) is 2.74. The van der Waals surface area contributed by atoms with Gasteiger partial charge in [-0.15, -0.1) is 0 Å². The summed E-state index contributed by atoms with van der Waals surface area (Å²) in [5, 5.41) is 0. The largest absolute Gasteiger partial charge is 0.496 e. The van der Waals surface area contributed by atoms with Gasteiger partial charge in [-0.25, -0.2) is 0 Å². The number of ether oxygens (including phenoxy) is 2. The summed E-state index contributed by atoms with van der Waals surface area (Å²) < 4.78 is 11.3. The second-order valence-electron chi connectivity index (χ2n) is 6.67. The first-order valence-corrected chi connectivity index (χ1v) is 12.9. The minimum Gasteiger partial charge on any atom is -0.496 e. The molecular formula is C20H24O2S4. The topological polar surface area (TPSA) is 18.5 Å². The molecule has 3 rings (SSSR count). The van der Waals surface area contributed by atoms with Crippen LogP contribution in [-0.4, -0.2) is 14.2 Å². The van der Waals surface area contributed by atoms with Gasteiger partial charge < -0.3 is 9.47 Å². The van der Waals surface area contributed by atoms with E-state index in [0.717, 1.165) is 11.5 Å². The summed E-state index contributed by atoms with van der Waals surface area (Å²) in [7, 11) is 10.8. The van der Waals surface area contributed by atoms with Gasteiger partial charge in [0.15, 0.2) is 0 Å². The zero-order chi connectivity index (χ0) is 18.8. The molecule has 0 unspecified atom stereocenters. The third kappa shape index (κ3) is 3.84. The van der Waals surface area contributed by atoms with Crippen LogP contribution in [0.3, 0.4) is 0 Å². The maximum Gasteiger partial charge on any atom is 0.134 e. The van der Waals surface area contributed by atoms with Crippen molar-refractivity contribution >= 4 is 43.2 Å². The highest BCUT2D eigenvalue weighted by molar-refractivity contribution is 8.79. The summed E-state index contributed by atoms with van der Waals surface area (Å²) in [4.78, 5) is 5.07. The van der Waals surface area contributed by atoms with Crippen LogP contribution < -0.4 is 9.47 Å². The Morgan fingerprint density at radius 3 is 1.23 bits per heavy atom. The van der Waals surface area contributed by atoms with Crippen molar-refractivity contribution in [2.24, 2.45) is 0 Å². The van der Waals surface area contributed by atoms with Crippen LogP contribution in [0.5, 0.6) is 11.5 Å². The first-order valence-electron chi connectivity index (χ1n) is 8.58. The fourth-order valence-corrected chi connectivity index (χ4v) is 9.39. The van der Waals surface area contributed by atoms with Crippen molar-refractivity contribution < 1.29 is 9.47 Å². The van der Waals surface area contributed by atoms with Crippen molar-refractivity contribution in [3.63, 3.8) is 0 Å². The Labute approximate surface area is 172 Å². The molecule has 6 heteroatoms. The highest BCUT2D eigenvalue weighted by Gasteiger charge is 2.25. The smallest absolute Gasteiger partial charge is 0.134 e. The van der Waals surface area contributed by atoms with E-state index < -0.39 is 0 Å². The Morgan fingerprint density at radius 1 is 0.577 bits per heavy atom.